The number of anilines is 1. The summed E-state index contributed by atoms with van der Waals surface area (Å²) in [5.41, 5.74) is 1.79. The number of fused-ring (bicyclic) bond motifs is 1. The molecule has 17 heavy (non-hydrogen) atoms. The van der Waals surface area contributed by atoms with Crippen LogP contribution >= 0.6 is 0 Å². The molecule has 1 aromatic rings. The third-order valence-corrected chi connectivity index (χ3v) is 2.55. The van der Waals surface area contributed by atoms with E-state index in [0.29, 0.717) is 17.9 Å². The van der Waals surface area contributed by atoms with Crippen LogP contribution in [0.2, 0.25) is 0 Å². The highest BCUT2D eigenvalue weighted by Crippen LogP contribution is 2.36. The lowest BCUT2D eigenvalue weighted by Crippen LogP contribution is -2.31. The smallest absolute Gasteiger partial charge is 0.268 e. The van der Waals surface area contributed by atoms with Crippen molar-refractivity contribution in [1.29, 1.82) is 0 Å². The molecule has 4 nitrogen and oxygen atoms in total. The van der Waals surface area contributed by atoms with Gasteiger partial charge < -0.3 is 4.74 Å². The number of hydrogen-bond acceptors (Lipinski definition) is 3. The lowest BCUT2D eigenvalue weighted by atomic mass is 10.1. The molecule has 0 fully saturated rings. The molecule has 1 aliphatic rings. The van der Waals surface area contributed by atoms with Crippen LogP contribution < -0.4 is 4.90 Å². The van der Waals surface area contributed by atoms with Crippen LogP contribution in [0, 0.1) is 0 Å². The highest BCUT2D eigenvalue weighted by Gasteiger charge is 2.34. The molecule has 1 heterocycles. The van der Waals surface area contributed by atoms with Gasteiger partial charge in [-0.2, -0.15) is 0 Å². The van der Waals surface area contributed by atoms with Crippen molar-refractivity contribution in [3.8, 4) is 0 Å². The predicted octanol–water partition coefficient (Wildman–Crippen LogP) is 1.96. The molecule has 0 unspecified atom stereocenters. The molecule has 4 heteroatoms. The molecule has 0 radical (unpaired) electrons. The molecular weight excluding hydrogens is 218 g/mol. The molecular formula is C13H13NO3. The molecule has 0 N–H and O–H groups in total. The van der Waals surface area contributed by atoms with Crippen LogP contribution in [0.1, 0.15) is 19.4 Å². The Morgan fingerprint density at radius 2 is 2.12 bits per heavy atom. The van der Waals surface area contributed by atoms with Gasteiger partial charge in [0.15, 0.2) is 0 Å². The zero-order chi connectivity index (χ0) is 12.4. The monoisotopic (exact) mass is 231 g/mol. The number of nitrogens with zero attached hydrogens (tertiary/aromatic N) is 1. The van der Waals surface area contributed by atoms with E-state index in [2.05, 4.69) is 0 Å². The summed E-state index contributed by atoms with van der Waals surface area (Å²) in [5, 5.41) is 0. The SMILES string of the molecule is CCO/C=C1\C(=O)N(C(C)=O)c2ccccc21. The van der Waals surface area contributed by atoms with E-state index in [-0.39, 0.29) is 11.8 Å². The van der Waals surface area contributed by atoms with Crippen LogP contribution in [0.5, 0.6) is 0 Å². The summed E-state index contributed by atoms with van der Waals surface area (Å²) >= 11 is 0. The van der Waals surface area contributed by atoms with E-state index in [0.717, 1.165) is 5.56 Å². The van der Waals surface area contributed by atoms with Gasteiger partial charge in [0.25, 0.3) is 5.91 Å². The van der Waals surface area contributed by atoms with Crippen molar-refractivity contribution in [3.05, 3.63) is 36.1 Å². The summed E-state index contributed by atoms with van der Waals surface area (Å²) in [6, 6.07) is 7.18. The van der Waals surface area contributed by atoms with Crippen LogP contribution in [0.4, 0.5) is 5.69 Å². The summed E-state index contributed by atoms with van der Waals surface area (Å²) in [6.07, 6.45) is 1.42. The predicted molar refractivity (Wildman–Crippen MR) is 64.2 cm³/mol. The molecule has 0 aliphatic carbocycles. The van der Waals surface area contributed by atoms with Gasteiger partial charge in [0, 0.05) is 12.5 Å². The van der Waals surface area contributed by atoms with Crippen molar-refractivity contribution in [2.24, 2.45) is 0 Å². The summed E-state index contributed by atoms with van der Waals surface area (Å²) in [7, 11) is 0. The molecule has 0 bridgehead atoms. The number of hydrogen-bond donors (Lipinski definition) is 0. The minimum absolute atomic E-state index is 0.289. The minimum atomic E-state index is -0.327. The fourth-order valence-corrected chi connectivity index (χ4v) is 1.83. The van der Waals surface area contributed by atoms with Gasteiger partial charge in [0.1, 0.15) is 0 Å². The fraction of sp³-hybridized carbons (Fsp3) is 0.231. The number of benzene rings is 1. The molecule has 0 atom stereocenters. The van der Waals surface area contributed by atoms with Crippen molar-refractivity contribution >= 4 is 23.1 Å². The Hall–Kier alpha value is -2.10. The summed E-state index contributed by atoms with van der Waals surface area (Å²) in [5.74, 6) is -0.616. The largest absolute Gasteiger partial charge is 0.501 e. The number of carbonyl (C=O) groups excluding carboxylic acids is 2. The maximum atomic E-state index is 12.1. The number of imide groups is 1. The van der Waals surface area contributed by atoms with Crippen molar-refractivity contribution < 1.29 is 14.3 Å². The Balaban J connectivity index is 2.53. The van der Waals surface area contributed by atoms with E-state index >= 15 is 0 Å². The normalized spacial score (nSPS) is 16.2. The van der Waals surface area contributed by atoms with E-state index in [9.17, 15) is 9.59 Å². The zero-order valence-corrected chi connectivity index (χ0v) is 9.77. The van der Waals surface area contributed by atoms with E-state index in [4.69, 9.17) is 4.74 Å². The molecule has 88 valence electrons. The number of ether oxygens (including phenoxy) is 1. The number of amides is 2. The van der Waals surface area contributed by atoms with Gasteiger partial charge >= 0.3 is 0 Å². The second-order valence-electron chi connectivity index (χ2n) is 3.66. The Morgan fingerprint density at radius 3 is 2.76 bits per heavy atom. The van der Waals surface area contributed by atoms with Gasteiger partial charge in [-0.3, -0.25) is 9.59 Å². The summed E-state index contributed by atoms with van der Waals surface area (Å²) in [6.45, 7) is 3.70. The number of rotatable bonds is 2. The third-order valence-electron chi connectivity index (χ3n) is 2.55. The Kier molecular flexibility index (Phi) is 2.95. The molecule has 0 saturated carbocycles. The zero-order valence-electron chi connectivity index (χ0n) is 9.77. The fourth-order valence-electron chi connectivity index (χ4n) is 1.83. The van der Waals surface area contributed by atoms with Crippen molar-refractivity contribution in [2.75, 3.05) is 11.5 Å². The summed E-state index contributed by atoms with van der Waals surface area (Å²) < 4.78 is 5.15. The van der Waals surface area contributed by atoms with Gasteiger partial charge in [-0.05, 0) is 13.0 Å². The van der Waals surface area contributed by atoms with Gasteiger partial charge in [-0.1, -0.05) is 18.2 Å². The standard InChI is InChI=1S/C13H13NO3/c1-3-17-8-11-10-6-4-5-7-12(10)14(9(2)15)13(11)16/h4-8H,3H2,1-2H3/b11-8-. The first kappa shape index (κ1) is 11.4. The minimum Gasteiger partial charge on any atom is -0.501 e. The molecule has 2 amide bonds. The van der Waals surface area contributed by atoms with Crippen LogP contribution in [-0.2, 0) is 14.3 Å². The quantitative estimate of drug-likeness (QED) is 0.577. The Morgan fingerprint density at radius 1 is 1.41 bits per heavy atom. The lowest BCUT2D eigenvalue weighted by molar-refractivity contribution is -0.122. The summed E-state index contributed by atoms with van der Waals surface area (Å²) in [4.78, 5) is 24.7. The Labute approximate surface area is 99.5 Å². The van der Waals surface area contributed by atoms with Gasteiger partial charge in [-0.25, -0.2) is 4.90 Å². The van der Waals surface area contributed by atoms with Crippen molar-refractivity contribution in [1.82, 2.24) is 0 Å². The average Bonchev–Trinajstić information content (AvgIpc) is 2.58. The van der Waals surface area contributed by atoms with Crippen molar-refractivity contribution in [3.63, 3.8) is 0 Å². The van der Waals surface area contributed by atoms with Crippen LogP contribution in [0.15, 0.2) is 30.5 Å². The first-order valence-electron chi connectivity index (χ1n) is 5.43. The number of para-hydroxylation sites is 1. The second-order valence-corrected chi connectivity index (χ2v) is 3.66. The van der Waals surface area contributed by atoms with E-state index < -0.39 is 0 Å². The maximum absolute atomic E-state index is 12.1. The lowest BCUT2D eigenvalue weighted by Gasteiger charge is -2.11. The third kappa shape index (κ3) is 1.82. The molecule has 1 aromatic carbocycles. The van der Waals surface area contributed by atoms with Gasteiger partial charge in [0.05, 0.1) is 24.1 Å². The maximum Gasteiger partial charge on any atom is 0.268 e. The Bertz CT molecular complexity index is 505. The van der Waals surface area contributed by atoms with Crippen LogP contribution in [0.3, 0.4) is 0 Å². The van der Waals surface area contributed by atoms with Crippen LogP contribution in [0.25, 0.3) is 5.57 Å². The van der Waals surface area contributed by atoms with Gasteiger partial charge in [-0.15, -0.1) is 0 Å². The highest BCUT2D eigenvalue weighted by molar-refractivity contribution is 6.39. The highest BCUT2D eigenvalue weighted by atomic mass is 16.5. The van der Waals surface area contributed by atoms with Crippen LogP contribution in [-0.4, -0.2) is 18.4 Å². The second kappa shape index (κ2) is 4.41. The van der Waals surface area contributed by atoms with E-state index in [1.165, 1.54) is 18.1 Å². The molecule has 0 saturated heterocycles. The average molecular weight is 231 g/mol. The van der Waals surface area contributed by atoms with E-state index in [1.54, 1.807) is 18.2 Å². The van der Waals surface area contributed by atoms with Crippen molar-refractivity contribution in [2.45, 2.75) is 13.8 Å². The topological polar surface area (TPSA) is 46.6 Å². The first-order chi connectivity index (χ1) is 8.16. The number of carbonyl (C=O) groups is 2. The molecule has 0 spiro atoms. The van der Waals surface area contributed by atoms with E-state index in [1.807, 2.05) is 13.0 Å². The van der Waals surface area contributed by atoms with Gasteiger partial charge in [0.2, 0.25) is 5.91 Å². The molecule has 2 rings (SSSR count). The molecule has 1 aliphatic heterocycles. The molecule has 0 aromatic heterocycles. The first-order valence-corrected chi connectivity index (χ1v) is 5.43.